The van der Waals surface area contributed by atoms with Crippen LogP contribution in [0.5, 0.6) is 5.75 Å². The molecule has 0 atom stereocenters. The van der Waals surface area contributed by atoms with Crippen molar-refractivity contribution in [2.24, 2.45) is 0 Å². The molecule has 4 nitrogen and oxygen atoms in total. The summed E-state index contributed by atoms with van der Waals surface area (Å²) >= 11 is 3.35. The van der Waals surface area contributed by atoms with E-state index in [2.05, 4.69) is 26.1 Å². The van der Waals surface area contributed by atoms with Crippen LogP contribution in [0.25, 0.3) is 11.4 Å². The topological polar surface area (TPSA) is 48.2 Å². The van der Waals surface area contributed by atoms with Crippen molar-refractivity contribution >= 4 is 15.9 Å². The maximum Gasteiger partial charge on any atom is 0.416 e. The molecule has 0 fully saturated rings. The first-order chi connectivity index (χ1) is 11.4. The minimum absolute atomic E-state index is 0.0518. The van der Waals surface area contributed by atoms with Crippen molar-refractivity contribution in [2.75, 3.05) is 0 Å². The summed E-state index contributed by atoms with van der Waals surface area (Å²) in [5, 5.41) is 3.75. The number of ether oxygens (including phenoxy) is 1. The second-order valence-corrected chi connectivity index (χ2v) is 5.66. The molecule has 0 amide bonds. The zero-order chi connectivity index (χ0) is 17.2. The van der Waals surface area contributed by atoms with E-state index in [-0.39, 0.29) is 18.3 Å². The summed E-state index contributed by atoms with van der Waals surface area (Å²) in [6, 6.07) is 11.8. The molecule has 0 aliphatic heterocycles. The summed E-state index contributed by atoms with van der Waals surface area (Å²) in [6.07, 6.45) is -4.38. The van der Waals surface area contributed by atoms with Crippen molar-refractivity contribution in [3.8, 4) is 17.1 Å². The van der Waals surface area contributed by atoms with E-state index in [0.717, 1.165) is 16.6 Å². The average Bonchev–Trinajstić information content (AvgIpc) is 3.02. The van der Waals surface area contributed by atoms with Gasteiger partial charge in [-0.05, 0) is 40.2 Å². The van der Waals surface area contributed by atoms with Gasteiger partial charge in [-0.2, -0.15) is 18.2 Å². The van der Waals surface area contributed by atoms with E-state index in [0.29, 0.717) is 11.3 Å². The molecule has 0 aliphatic carbocycles. The summed E-state index contributed by atoms with van der Waals surface area (Å²) in [7, 11) is 0. The predicted molar refractivity (Wildman–Crippen MR) is 83.2 cm³/mol. The molecule has 8 heteroatoms. The van der Waals surface area contributed by atoms with Crippen LogP contribution in [0, 0.1) is 0 Å². The van der Waals surface area contributed by atoms with Gasteiger partial charge in [0.1, 0.15) is 5.75 Å². The van der Waals surface area contributed by atoms with Crippen LogP contribution in [-0.2, 0) is 12.8 Å². The summed E-state index contributed by atoms with van der Waals surface area (Å²) in [4.78, 5) is 4.12. The van der Waals surface area contributed by atoms with Gasteiger partial charge < -0.3 is 9.26 Å². The summed E-state index contributed by atoms with van der Waals surface area (Å²) < 4.78 is 49.0. The second-order valence-electron chi connectivity index (χ2n) is 4.81. The molecule has 0 spiro atoms. The van der Waals surface area contributed by atoms with E-state index in [4.69, 9.17) is 9.26 Å². The first-order valence-electron chi connectivity index (χ1n) is 6.81. The smallest absolute Gasteiger partial charge is 0.416 e. The van der Waals surface area contributed by atoms with Gasteiger partial charge in [0.05, 0.1) is 10.0 Å². The molecule has 0 aliphatic rings. The normalized spacial score (nSPS) is 11.5. The molecule has 124 valence electrons. The lowest BCUT2D eigenvalue weighted by molar-refractivity contribution is -0.137. The number of halogens is 4. The van der Waals surface area contributed by atoms with Gasteiger partial charge in [0, 0.05) is 5.56 Å². The fourth-order valence-electron chi connectivity index (χ4n) is 1.94. The Morgan fingerprint density at radius 2 is 1.75 bits per heavy atom. The summed E-state index contributed by atoms with van der Waals surface area (Å²) in [6.45, 7) is 0.0518. The van der Waals surface area contributed by atoms with E-state index < -0.39 is 11.7 Å². The van der Waals surface area contributed by atoms with Gasteiger partial charge in [0.2, 0.25) is 5.82 Å². The summed E-state index contributed by atoms with van der Waals surface area (Å²) in [5.74, 6) is 1.04. The SMILES string of the molecule is FC(F)(F)c1ccc(-c2noc(COc3ccccc3Br)n2)cc1. The Kier molecular flexibility index (Phi) is 4.57. The van der Waals surface area contributed by atoms with Crippen LogP contribution in [0.2, 0.25) is 0 Å². The van der Waals surface area contributed by atoms with Gasteiger partial charge in [-0.3, -0.25) is 0 Å². The fourth-order valence-corrected chi connectivity index (χ4v) is 2.34. The highest BCUT2D eigenvalue weighted by Gasteiger charge is 2.30. The third-order valence-electron chi connectivity index (χ3n) is 3.13. The van der Waals surface area contributed by atoms with E-state index >= 15 is 0 Å². The number of rotatable bonds is 4. The van der Waals surface area contributed by atoms with Crippen molar-refractivity contribution in [2.45, 2.75) is 12.8 Å². The fraction of sp³-hybridized carbons (Fsp3) is 0.125. The van der Waals surface area contributed by atoms with Crippen LogP contribution in [0.15, 0.2) is 57.5 Å². The number of para-hydroxylation sites is 1. The van der Waals surface area contributed by atoms with Crippen molar-refractivity contribution in [3.63, 3.8) is 0 Å². The summed E-state index contributed by atoms with van der Waals surface area (Å²) in [5.41, 5.74) is -0.300. The highest BCUT2D eigenvalue weighted by molar-refractivity contribution is 9.10. The van der Waals surface area contributed by atoms with Gasteiger partial charge in [-0.25, -0.2) is 0 Å². The Morgan fingerprint density at radius 3 is 2.42 bits per heavy atom. The van der Waals surface area contributed by atoms with Crippen molar-refractivity contribution in [3.05, 3.63) is 64.5 Å². The van der Waals surface area contributed by atoms with Crippen LogP contribution in [-0.4, -0.2) is 10.1 Å². The third kappa shape index (κ3) is 3.76. The van der Waals surface area contributed by atoms with Crippen LogP contribution in [0.4, 0.5) is 13.2 Å². The Labute approximate surface area is 143 Å². The van der Waals surface area contributed by atoms with Crippen molar-refractivity contribution in [1.82, 2.24) is 10.1 Å². The molecule has 2 aromatic carbocycles. The number of hydrogen-bond donors (Lipinski definition) is 0. The Hall–Kier alpha value is -2.35. The molecule has 1 aromatic heterocycles. The average molecular weight is 399 g/mol. The quantitative estimate of drug-likeness (QED) is 0.613. The zero-order valence-corrected chi connectivity index (χ0v) is 13.6. The molecule has 0 N–H and O–H groups in total. The molecule has 0 radical (unpaired) electrons. The Balaban J connectivity index is 1.70. The van der Waals surface area contributed by atoms with Crippen molar-refractivity contribution < 1.29 is 22.4 Å². The van der Waals surface area contributed by atoms with Crippen LogP contribution < -0.4 is 4.74 Å². The number of aromatic nitrogens is 2. The molecule has 0 bridgehead atoms. The lowest BCUT2D eigenvalue weighted by Gasteiger charge is -2.05. The number of benzene rings is 2. The minimum atomic E-state index is -4.38. The van der Waals surface area contributed by atoms with E-state index in [9.17, 15) is 13.2 Å². The van der Waals surface area contributed by atoms with Gasteiger partial charge >= 0.3 is 6.18 Å². The van der Waals surface area contributed by atoms with Crippen molar-refractivity contribution in [1.29, 1.82) is 0 Å². The zero-order valence-electron chi connectivity index (χ0n) is 12.0. The second kappa shape index (κ2) is 6.64. The standard InChI is InChI=1S/C16H10BrF3N2O2/c17-12-3-1-2-4-13(12)23-9-14-21-15(22-24-14)10-5-7-11(8-6-10)16(18,19)20/h1-8H,9H2. The van der Waals surface area contributed by atoms with Crippen LogP contribution in [0.1, 0.15) is 11.5 Å². The molecular weight excluding hydrogens is 389 g/mol. The van der Waals surface area contributed by atoms with Crippen LogP contribution in [0.3, 0.4) is 0 Å². The molecular formula is C16H10BrF3N2O2. The largest absolute Gasteiger partial charge is 0.483 e. The molecule has 24 heavy (non-hydrogen) atoms. The lowest BCUT2D eigenvalue weighted by Crippen LogP contribution is -2.04. The van der Waals surface area contributed by atoms with Gasteiger partial charge in [-0.15, -0.1) is 0 Å². The molecule has 3 aromatic rings. The maximum atomic E-state index is 12.6. The van der Waals surface area contributed by atoms with Gasteiger partial charge in [0.15, 0.2) is 6.61 Å². The van der Waals surface area contributed by atoms with E-state index in [1.54, 1.807) is 6.07 Å². The maximum absolute atomic E-state index is 12.6. The monoisotopic (exact) mass is 398 g/mol. The highest BCUT2D eigenvalue weighted by atomic mass is 79.9. The van der Waals surface area contributed by atoms with Gasteiger partial charge in [-0.1, -0.05) is 29.4 Å². The van der Waals surface area contributed by atoms with E-state index in [1.807, 2.05) is 18.2 Å². The molecule has 3 rings (SSSR count). The van der Waals surface area contributed by atoms with E-state index in [1.165, 1.54) is 12.1 Å². The molecule has 0 saturated carbocycles. The van der Waals surface area contributed by atoms with Crippen LogP contribution >= 0.6 is 15.9 Å². The number of hydrogen-bond acceptors (Lipinski definition) is 4. The first kappa shape index (κ1) is 16.5. The number of nitrogens with zero attached hydrogens (tertiary/aromatic N) is 2. The molecule has 0 unspecified atom stereocenters. The first-order valence-corrected chi connectivity index (χ1v) is 7.60. The minimum Gasteiger partial charge on any atom is -0.483 e. The number of alkyl halides is 3. The highest BCUT2D eigenvalue weighted by Crippen LogP contribution is 2.30. The lowest BCUT2D eigenvalue weighted by atomic mass is 10.1. The third-order valence-corrected chi connectivity index (χ3v) is 3.78. The Morgan fingerprint density at radius 1 is 1.04 bits per heavy atom. The molecule has 1 heterocycles. The van der Waals surface area contributed by atoms with Gasteiger partial charge in [0.25, 0.3) is 5.89 Å². The predicted octanol–water partition coefficient (Wildman–Crippen LogP) is 5.10. The Bertz CT molecular complexity index is 832. The molecule has 0 saturated heterocycles.